The van der Waals surface area contributed by atoms with E-state index in [1.807, 2.05) is 0 Å². The first kappa shape index (κ1) is 15.3. The predicted molar refractivity (Wildman–Crippen MR) is 72.7 cm³/mol. The van der Waals surface area contributed by atoms with Crippen molar-refractivity contribution in [2.75, 3.05) is 19.6 Å². The van der Waals surface area contributed by atoms with Gasteiger partial charge in [0.25, 0.3) is 0 Å². The molecule has 1 aliphatic heterocycles. The predicted octanol–water partition coefficient (Wildman–Crippen LogP) is 0.817. The molecule has 21 heavy (non-hydrogen) atoms. The van der Waals surface area contributed by atoms with Crippen LogP contribution in [0.4, 0.5) is 4.79 Å². The van der Waals surface area contributed by atoms with Crippen molar-refractivity contribution in [1.29, 1.82) is 0 Å². The van der Waals surface area contributed by atoms with Crippen LogP contribution >= 0.6 is 0 Å². The summed E-state index contributed by atoms with van der Waals surface area (Å²) in [6.45, 7) is 3.32. The second kappa shape index (κ2) is 7.05. The highest BCUT2D eigenvalue weighted by molar-refractivity contribution is 5.74. The fourth-order valence-electron chi connectivity index (χ4n) is 2.49. The number of aryl methyl sites for hydroxylation is 1. The number of aromatic nitrogens is 2. The molecule has 1 fully saturated rings. The third-order valence-electron chi connectivity index (χ3n) is 3.45. The summed E-state index contributed by atoms with van der Waals surface area (Å²) < 4.78 is 4.96. The van der Waals surface area contributed by atoms with Gasteiger partial charge in [0.05, 0.1) is 0 Å². The Bertz CT molecular complexity index is 502. The number of amides is 2. The number of likely N-dealkylation sites (tertiary alicyclic amines) is 1. The van der Waals surface area contributed by atoms with Gasteiger partial charge >= 0.3 is 12.0 Å². The highest BCUT2D eigenvalue weighted by Gasteiger charge is 2.25. The monoisotopic (exact) mass is 296 g/mol. The van der Waals surface area contributed by atoms with Gasteiger partial charge in [-0.1, -0.05) is 5.16 Å². The van der Waals surface area contributed by atoms with E-state index >= 15 is 0 Å². The van der Waals surface area contributed by atoms with Gasteiger partial charge in [-0.3, -0.25) is 4.79 Å². The lowest BCUT2D eigenvalue weighted by Gasteiger charge is -2.32. The van der Waals surface area contributed by atoms with Gasteiger partial charge in [0.15, 0.2) is 5.82 Å². The maximum absolute atomic E-state index is 12.0. The molecule has 1 saturated heterocycles. The SMILES string of the molecule is Cc1noc(CCNC(=O)N2CCCC(CC(=O)O)C2)n1. The van der Waals surface area contributed by atoms with Crippen molar-refractivity contribution in [3.8, 4) is 0 Å². The van der Waals surface area contributed by atoms with Crippen molar-refractivity contribution in [2.45, 2.75) is 32.6 Å². The highest BCUT2D eigenvalue weighted by Crippen LogP contribution is 2.19. The van der Waals surface area contributed by atoms with Gasteiger partial charge in [-0.05, 0) is 25.7 Å². The minimum atomic E-state index is -0.811. The number of carboxylic acids is 1. The molecule has 0 aliphatic carbocycles. The molecular formula is C13H20N4O4. The quantitative estimate of drug-likeness (QED) is 0.832. The van der Waals surface area contributed by atoms with Crippen LogP contribution in [-0.2, 0) is 11.2 Å². The topological polar surface area (TPSA) is 109 Å². The number of hydrogen-bond donors (Lipinski definition) is 2. The molecule has 8 nitrogen and oxygen atoms in total. The van der Waals surface area contributed by atoms with Gasteiger partial charge in [-0.25, -0.2) is 4.79 Å². The lowest BCUT2D eigenvalue weighted by molar-refractivity contribution is -0.138. The summed E-state index contributed by atoms with van der Waals surface area (Å²) in [6.07, 6.45) is 2.30. The summed E-state index contributed by atoms with van der Waals surface area (Å²) in [5.74, 6) is 0.300. The van der Waals surface area contributed by atoms with E-state index in [4.69, 9.17) is 9.63 Å². The van der Waals surface area contributed by atoms with Gasteiger partial charge in [-0.15, -0.1) is 0 Å². The van der Waals surface area contributed by atoms with E-state index in [0.717, 1.165) is 12.8 Å². The first-order valence-corrected chi connectivity index (χ1v) is 7.08. The number of carbonyl (C=O) groups excluding carboxylic acids is 1. The van der Waals surface area contributed by atoms with Crippen molar-refractivity contribution >= 4 is 12.0 Å². The van der Waals surface area contributed by atoms with Gasteiger partial charge < -0.3 is 19.8 Å². The average molecular weight is 296 g/mol. The van der Waals surface area contributed by atoms with Crippen molar-refractivity contribution in [3.63, 3.8) is 0 Å². The fourth-order valence-corrected chi connectivity index (χ4v) is 2.49. The molecule has 1 unspecified atom stereocenters. The zero-order valence-electron chi connectivity index (χ0n) is 12.0. The molecule has 1 aliphatic rings. The first-order chi connectivity index (χ1) is 10.0. The second-order valence-electron chi connectivity index (χ2n) is 5.27. The Kier molecular flexibility index (Phi) is 5.13. The van der Waals surface area contributed by atoms with Crippen LogP contribution in [-0.4, -0.2) is 51.8 Å². The van der Waals surface area contributed by atoms with E-state index in [0.29, 0.717) is 37.8 Å². The third kappa shape index (κ3) is 4.73. The van der Waals surface area contributed by atoms with Crippen LogP contribution < -0.4 is 5.32 Å². The number of carbonyl (C=O) groups is 2. The minimum absolute atomic E-state index is 0.0422. The Hall–Kier alpha value is -2.12. The van der Waals surface area contributed by atoms with Crippen molar-refractivity contribution in [1.82, 2.24) is 20.4 Å². The maximum Gasteiger partial charge on any atom is 0.317 e. The molecule has 2 N–H and O–H groups in total. The van der Waals surface area contributed by atoms with Crippen LogP contribution in [0.3, 0.4) is 0 Å². The van der Waals surface area contributed by atoms with E-state index in [-0.39, 0.29) is 18.4 Å². The van der Waals surface area contributed by atoms with Crippen LogP contribution in [0.1, 0.15) is 31.0 Å². The highest BCUT2D eigenvalue weighted by atomic mass is 16.5. The Morgan fingerprint density at radius 2 is 2.33 bits per heavy atom. The molecule has 1 atom stereocenters. The number of rotatable bonds is 5. The number of carboxylic acid groups (broad SMARTS) is 1. The normalized spacial score (nSPS) is 18.5. The summed E-state index contributed by atoms with van der Waals surface area (Å²) in [6, 6.07) is -0.165. The van der Waals surface area contributed by atoms with E-state index in [9.17, 15) is 9.59 Å². The lowest BCUT2D eigenvalue weighted by Crippen LogP contribution is -2.46. The smallest absolute Gasteiger partial charge is 0.317 e. The number of urea groups is 1. The number of hydrogen-bond acceptors (Lipinski definition) is 5. The fraction of sp³-hybridized carbons (Fsp3) is 0.692. The standard InChI is InChI=1S/C13H20N4O4/c1-9-15-11(21-16-9)4-5-14-13(20)17-6-2-3-10(8-17)7-12(18)19/h10H,2-8H2,1H3,(H,14,20)(H,18,19). The molecule has 116 valence electrons. The molecule has 1 aromatic heterocycles. The molecule has 2 heterocycles. The molecule has 0 bridgehead atoms. The van der Waals surface area contributed by atoms with E-state index < -0.39 is 5.97 Å². The summed E-state index contributed by atoms with van der Waals surface area (Å²) in [5, 5.41) is 15.3. The van der Waals surface area contributed by atoms with Crippen molar-refractivity contribution in [3.05, 3.63) is 11.7 Å². The molecule has 0 aromatic carbocycles. The van der Waals surface area contributed by atoms with Crippen LogP contribution in [0, 0.1) is 12.8 Å². The third-order valence-corrected chi connectivity index (χ3v) is 3.45. The van der Waals surface area contributed by atoms with Crippen LogP contribution in [0.25, 0.3) is 0 Å². The van der Waals surface area contributed by atoms with Gasteiger partial charge in [0, 0.05) is 32.5 Å². The van der Waals surface area contributed by atoms with Gasteiger partial charge in [0.1, 0.15) is 0 Å². The zero-order valence-corrected chi connectivity index (χ0v) is 12.0. The molecular weight excluding hydrogens is 276 g/mol. The molecule has 8 heteroatoms. The zero-order chi connectivity index (χ0) is 15.2. The molecule has 2 amide bonds. The van der Waals surface area contributed by atoms with E-state index in [1.54, 1.807) is 11.8 Å². The van der Waals surface area contributed by atoms with Gasteiger partial charge in [-0.2, -0.15) is 4.98 Å². The summed E-state index contributed by atoms with van der Waals surface area (Å²) >= 11 is 0. The summed E-state index contributed by atoms with van der Waals surface area (Å²) in [7, 11) is 0. The number of aliphatic carboxylic acids is 1. The molecule has 0 saturated carbocycles. The molecule has 1 aromatic rings. The Morgan fingerprint density at radius 3 is 3.00 bits per heavy atom. The van der Waals surface area contributed by atoms with Crippen LogP contribution in [0.15, 0.2) is 4.52 Å². The number of piperidine rings is 1. The summed E-state index contributed by atoms with van der Waals surface area (Å²) in [4.78, 5) is 28.5. The lowest BCUT2D eigenvalue weighted by atomic mass is 9.95. The van der Waals surface area contributed by atoms with Gasteiger partial charge in [0.2, 0.25) is 5.89 Å². The Labute approximate surface area is 122 Å². The van der Waals surface area contributed by atoms with Crippen molar-refractivity contribution in [2.24, 2.45) is 5.92 Å². The van der Waals surface area contributed by atoms with E-state index in [2.05, 4.69) is 15.5 Å². The van der Waals surface area contributed by atoms with Crippen LogP contribution in [0.2, 0.25) is 0 Å². The molecule has 0 spiro atoms. The average Bonchev–Trinajstić information content (AvgIpc) is 2.84. The largest absolute Gasteiger partial charge is 0.481 e. The minimum Gasteiger partial charge on any atom is -0.481 e. The molecule has 2 rings (SSSR count). The van der Waals surface area contributed by atoms with Crippen LogP contribution in [0.5, 0.6) is 0 Å². The number of nitrogens with zero attached hydrogens (tertiary/aromatic N) is 3. The van der Waals surface area contributed by atoms with E-state index in [1.165, 1.54) is 0 Å². The maximum atomic E-state index is 12.0. The second-order valence-corrected chi connectivity index (χ2v) is 5.27. The number of nitrogens with one attached hydrogen (secondary N) is 1. The Morgan fingerprint density at radius 1 is 1.52 bits per heavy atom. The van der Waals surface area contributed by atoms with Crippen molar-refractivity contribution < 1.29 is 19.2 Å². The molecule has 0 radical (unpaired) electrons. The summed E-state index contributed by atoms with van der Waals surface area (Å²) in [5.41, 5.74) is 0. The first-order valence-electron chi connectivity index (χ1n) is 7.08. The Balaban J connectivity index is 1.73.